The first-order chi connectivity index (χ1) is 7.88. The predicted molar refractivity (Wildman–Crippen MR) is 66.3 cm³/mol. The Morgan fingerprint density at radius 1 is 1.38 bits per heavy atom. The van der Waals surface area contributed by atoms with Crippen molar-refractivity contribution in [2.45, 2.75) is 12.8 Å². The second kappa shape index (κ2) is 8.20. The zero-order chi connectivity index (χ0) is 11.6. The molecule has 0 fully saturated rings. The Kier molecular flexibility index (Phi) is 6.70. The van der Waals surface area contributed by atoms with Crippen LogP contribution >= 0.6 is 8.81 Å². The maximum Gasteiger partial charge on any atom is 0.122 e. The van der Waals surface area contributed by atoms with Gasteiger partial charge in [0.2, 0.25) is 0 Å². The molecule has 0 spiro atoms. The van der Waals surface area contributed by atoms with Crippen molar-refractivity contribution in [1.29, 1.82) is 0 Å². The van der Waals surface area contributed by atoms with Crippen molar-refractivity contribution < 1.29 is 9.63 Å². The molecule has 0 heterocycles. The second-order valence-corrected chi connectivity index (χ2v) is 4.14. The third kappa shape index (κ3) is 4.69. The molecule has 0 aliphatic carbocycles. The lowest BCUT2D eigenvalue weighted by atomic mass is 10.1. The topological polar surface area (TPSA) is 58.9 Å². The first kappa shape index (κ1) is 13.1. The third-order valence-electron chi connectivity index (χ3n) is 2.15. The number of aryl methyl sites for hydroxylation is 1. The van der Waals surface area contributed by atoms with Gasteiger partial charge in [0, 0.05) is 8.81 Å². The molecule has 0 saturated carbocycles. The molecule has 1 aromatic carbocycles. The largest absolute Gasteiger partial charge is 0.491 e. The minimum Gasteiger partial charge on any atom is -0.491 e. The molecule has 0 aliphatic rings. The molecule has 1 aromatic rings. The van der Waals surface area contributed by atoms with E-state index in [1.54, 1.807) is 0 Å². The molecule has 1 unspecified atom stereocenters. The van der Waals surface area contributed by atoms with E-state index in [1.807, 2.05) is 24.3 Å². The van der Waals surface area contributed by atoms with Crippen molar-refractivity contribution in [3.05, 3.63) is 34.7 Å². The Balaban J connectivity index is 2.49. The van der Waals surface area contributed by atoms with E-state index in [-0.39, 0.29) is 15.4 Å². The maximum absolute atomic E-state index is 9.93. The van der Waals surface area contributed by atoms with Gasteiger partial charge in [0.25, 0.3) is 0 Å². The number of para-hydroxylation sites is 1. The van der Waals surface area contributed by atoms with Crippen LogP contribution in [-0.4, -0.2) is 24.2 Å². The average Bonchev–Trinajstić information content (AvgIpc) is 2.32. The lowest BCUT2D eigenvalue weighted by Crippen LogP contribution is -2.03. The summed E-state index contributed by atoms with van der Waals surface area (Å²) in [5.41, 5.74) is 1.12. The lowest BCUT2D eigenvalue weighted by molar-refractivity contribution is 0.325. The predicted octanol–water partition coefficient (Wildman–Crippen LogP) is 2.35. The van der Waals surface area contributed by atoms with Crippen LogP contribution in [0.5, 0.6) is 5.75 Å². The Labute approximate surface area is 96.9 Å². The summed E-state index contributed by atoms with van der Waals surface area (Å²) in [7, 11) is 0.0101. The average molecular weight is 241 g/mol. The molecule has 1 N–H and O–H groups in total. The molecule has 0 amide bonds. The fourth-order valence-corrected chi connectivity index (χ4v) is 1.74. The number of hydrogen-bond donors (Lipinski definition) is 1. The normalized spacial score (nSPS) is 10.8. The third-order valence-corrected chi connectivity index (χ3v) is 2.72. The van der Waals surface area contributed by atoms with Crippen molar-refractivity contribution in [2.75, 3.05) is 19.3 Å². The van der Waals surface area contributed by atoms with Gasteiger partial charge in [-0.2, -0.15) is 4.91 Å². The summed E-state index contributed by atoms with van der Waals surface area (Å²) in [5.74, 6) is 0.812. The number of benzene rings is 1. The minimum atomic E-state index is 0.0101. The summed E-state index contributed by atoms with van der Waals surface area (Å²) in [5, 5.41) is 2.75. The quantitative estimate of drug-likeness (QED) is 0.431. The van der Waals surface area contributed by atoms with E-state index >= 15 is 0 Å². The zero-order valence-electron chi connectivity index (χ0n) is 9.06. The van der Waals surface area contributed by atoms with E-state index < -0.39 is 0 Å². The first-order valence-corrected chi connectivity index (χ1v) is 6.40. The van der Waals surface area contributed by atoms with Crippen LogP contribution in [0.25, 0.3) is 0 Å². The molecular weight excluding hydrogens is 225 g/mol. The summed E-state index contributed by atoms with van der Waals surface area (Å²) < 4.78 is 5.45. The van der Waals surface area contributed by atoms with Crippen LogP contribution in [0.1, 0.15) is 12.0 Å². The molecular formula is C11H16NO3P. The summed E-state index contributed by atoms with van der Waals surface area (Å²) in [4.78, 5) is 18.7. The standard InChI is InChI=1S/C11H16NO3P/c13-12-7-8-15-11-6-2-1-4-10(11)5-3-9-16-14/h1-2,4,6,14,16H,3,5,7-9H2. The number of nitrogens with zero attached hydrogens (tertiary/aromatic N) is 1. The monoisotopic (exact) mass is 241 g/mol. The Morgan fingerprint density at radius 2 is 2.19 bits per heavy atom. The van der Waals surface area contributed by atoms with Crippen LogP contribution in [0.3, 0.4) is 0 Å². The van der Waals surface area contributed by atoms with Crippen LogP contribution in [0.4, 0.5) is 0 Å². The van der Waals surface area contributed by atoms with Gasteiger partial charge in [-0.05, 0) is 30.6 Å². The Hall–Kier alpha value is -0.990. The van der Waals surface area contributed by atoms with Gasteiger partial charge in [-0.25, -0.2) is 0 Å². The molecule has 0 aliphatic heterocycles. The van der Waals surface area contributed by atoms with Gasteiger partial charge in [-0.1, -0.05) is 23.4 Å². The highest BCUT2D eigenvalue weighted by Crippen LogP contribution is 2.20. The molecule has 4 nitrogen and oxygen atoms in total. The van der Waals surface area contributed by atoms with E-state index in [0.717, 1.165) is 30.3 Å². The van der Waals surface area contributed by atoms with Crippen LogP contribution in [0.15, 0.2) is 29.4 Å². The second-order valence-electron chi connectivity index (χ2n) is 3.32. The Morgan fingerprint density at radius 3 is 2.94 bits per heavy atom. The fourth-order valence-electron chi connectivity index (χ4n) is 1.40. The van der Waals surface area contributed by atoms with Gasteiger partial charge >= 0.3 is 0 Å². The molecule has 88 valence electrons. The molecule has 0 radical (unpaired) electrons. The Bertz CT molecular complexity index is 320. The van der Waals surface area contributed by atoms with Crippen molar-refractivity contribution >= 4 is 8.81 Å². The van der Waals surface area contributed by atoms with E-state index in [9.17, 15) is 4.91 Å². The first-order valence-electron chi connectivity index (χ1n) is 5.25. The molecule has 16 heavy (non-hydrogen) atoms. The van der Waals surface area contributed by atoms with Crippen molar-refractivity contribution in [1.82, 2.24) is 0 Å². The van der Waals surface area contributed by atoms with Crippen LogP contribution < -0.4 is 4.74 Å². The van der Waals surface area contributed by atoms with Gasteiger partial charge in [0.1, 0.15) is 18.9 Å². The molecule has 1 atom stereocenters. The van der Waals surface area contributed by atoms with Gasteiger partial charge in [-0.15, -0.1) is 0 Å². The van der Waals surface area contributed by atoms with E-state index in [4.69, 9.17) is 9.63 Å². The summed E-state index contributed by atoms with van der Waals surface area (Å²) in [6.07, 6.45) is 2.66. The van der Waals surface area contributed by atoms with Crippen LogP contribution in [0, 0.1) is 4.91 Å². The number of nitroso groups, excluding NO2 is 1. The van der Waals surface area contributed by atoms with Crippen molar-refractivity contribution in [2.24, 2.45) is 5.18 Å². The highest BCUT2D eigenvalue weighted by Gasteiger charge is 2.02. The summed E-state index contributed by atoms with van der Waals surface area (Å²) >= 11 is 0. The van der Waals surface area contributed by atoms with E-state index in [1.165, 1.54) is 0 Å². The molecule has 0 bridgehead atoms. The zero-order valence-corrected chi connectivity index (χ0v) is 10.1. The smallest absolute Gasteiger partial charge is 0.122 e. The van der Waals surface area contributed by atoms with Crippen LogP contribution in [-0.2, 0) is 6.42 Å². The van der Waals surface area contributed by atoms with E-state index in [2.05, 4.69) is 5.18 Å². The van der Waals surface area contributed by atoms with Crippen molar-refractivity contribution in [3.63, 3.8) is 0 Å². The molecule has 5 heteroatoms. The highest BCUT2D eigenvalue weighted by molar-refractivity contribution is 7.31. The van der Waals surface area contributed by atoms with Gasteiger partial charge < -0.3 is 9.63 Å². The van der Waals surface area contributed by atoms with E-state index in [0.29, 0.717) is 6.61 Å². The SMILES string of the molecule is O=NCCOc1ccccc1CCCPO. The molecule has 1 rings (SSSR count). The number of hydrogen-bond acceptors (Lipinski definition) is 4. The maximum atomic E-state index is 9.93. The molecule has 0 aromatic heterocycles. The summed E-state index contributed by atoms with van der Waals surface area (Å²) in [6.45, 7) is 0.495. The van der Waals surface area contributed by atoms with Crippen molar-refractivity contribution in [3.8, 4) is 5.75 Å². The molecule has 0 saturated heterocycles. The van der Waals surface area contributed by atoms with Crippen LogP contribution in [0.2, 0.25) is 0 Å². The number of ether oxygens (including phenoxy) is 1. The summed E-state index contributed by atoms with van der Waals surface area (Å²) in [6, 6.07) is 7.76. The fraction of sp³-hybridized carbons (Fsp3) is 0.455. The van der Waals surface area contributed by atoms with Gasteiger partial charge in [-0.3, -0.25) is 0 Å². The minimum absolute atomic E-state index is 0.0101. The van der Waals surface area contributed by atoms with Gasteiger partial charge in [0.15, 0.2) is 0 Å². The number of rotatable bonds is 8. The lowest BCUT2D eigenvalue weighted by Gasteiger charge is -2.09. The van der Waals surface area contributed by atoms with Gasteiger partial charge in [0.05, 0.1) is 0 Å². The highest BCUT2D eigenvalue weighted by atomic mass is 31.1.